The van der Waals surface area contributed by atoms with E-state index in [1.807, 2.05) is 11.8 Å². The summed E-state index contributed by atoms with van der Waals surface area (Å²) in [6, 6.07) is 0.219. The van der Waals surface area contributed by atoms with E-state index in [9.17, 15) is 14.7 Å². The van der Waals surface area contributed by atoms with Crippen molar-refractivity contribution in [1.82, 2.24) is 41.3 Å². The van der Waals surface area contributed by atoms with Gasteiger partial charge in [-0.2, -0.15) is 0 Å². The molecule has 0 aromatic carbocycles. The van der Waals surface area contributed by atoms with Crippen molar-refractivity contribution in [1.29, 1.82) is 0 Å². The predicted molar refractivity (Wildman–Crippen MR) is 171 cm³/mol. The number of aliphatic hydroxyl groups excluding tert-OH is 1. The van der Waals surface area contributed by atoms with E-state index >= 15 is 0 Å². The van der Waals surface area contributed by atoms with Gasteiger partial charge in [-0.05, 0) is 51.0 Å². The summed E-state index contributed by atoms with van der Waals surface area (Å²) in [5, 5.41) is 28.0. The zero-order valence-corrected chi connectivity index (χ0v) is 27.8. The van der Waals surface area contributed by atoms with Gasteiger partial charge >= 0.3 is 0 Å². The molecule has 2 amide bonds. The third kappa shape index (κ3) is 8.95. The lowest BCUT2D eigenvalue weighted by Gasteiger charge is -2.46. The zero-order valence-electron chi connectivity index (χ0n) is 27.8. The lowest BCUT2D eigenvalue weighted by molar-refractivity contribution is -0.133. The normalized spacial score (nSPS) is 37.0. The summed E-state index contributed by atoms with van der Waals surface area (Å²) in [5.41, 5.74) is 0. The summed E-state index contributed by atoms with van der Waals surface area (Å²) in [7, 11) is 0. The molecule has 14 nitrogen and oxygen atoms in total. The molecule has 1 saturated carbocycles. The number of nitrogens with zero attached hydrogens (tertiary/aromatic N) is 3. The topological polar surface area (TPSA) is 152 Å². The molecule has 5 saturated heterocycles. The Morgan fingerprint density at radius 3 is 2.59 bits per heavy atom. The van der Waals surface area contributed by atoms with E-state index in [0.717, 1.165) is 51.9 Å². The lowest BCUT2D eigenvalue weighted by atomic mass is 9.74. The van der Waals surface area contributed by atoms with Crippen molar-refractivity contribution < 1.29 is 28.9 Å². The average molecular weight is 651 g/mol. The van der Waals surface area contributed by atoms with E-state index in [1.165, 1.54) is 0 Å². The Bertz CT molecular complexity index is 1000. The van der Waals surface area contributed by atoms with Crippen LogP contribution in [-0.2, 0) is 23.8 Å². The fourth-order valence-electron chi connectivity index (χ4n) is 8.04. The highest BCUT2D eigenvalue weighted by Crippen LogP contribution is 2.37. The largest absolute Gasteiger partial charge is 0.390 e. The van der Waals surface area contributed by atoms with Crippen molar-refractivity contribution in [3.63, 3.8) is 0 Å². The van der Waals surface area contributed by atoms with Crippen LogP contribution >= 0.6 is 0 Å². The monoisotopic (exact) mass is 650 g/mol. The van der Waals surface area contributed by atoms with Gasteiger partial charge in [0, 0.05) is 64.7 Å². The van der Waals surface area contributed by atoms with Crippen LogP contribution in [0.3, 0.4) is 0 Å². The van der Waals surface area contributed by atoms with Crippen molar-refractivity contribution in [3.05, 3.63) is 0 Å². The number of hydrogen-bond acceptors (Lipinski definition) is 12. The van der Waals surface area contributed by atoms with Crippen molar-refractivity contribution >= 4 is 11.8 Å². The van der Waals surface area contributed by atoms with Crippen molar-refractivity contribution in [3.8, 4) is 0 Å². The van der Waals surface area contributed by atoms with Crippen LogP contribution in [0.1, 0.15) is 52.4 Å². The maximum Gasteiger partial charge on any atom is 0.237 e. The first kappa shape index (κ1) is 34.4. The molecule has 6 rings (SSSR count). The van der Waals surface area contributed by atoms with Gasteiger partial charge in [0.2, 0.25) is 11.8 Å². The second kappa shape index (κ2) is 16.3. The molecule has 0 aromatic heterocycles. The number of aliphatic hydroxyl groups is 1. The molecular formula is C32H58N8O6. The number of carbonyl (C=O) groups excluding carboxylic acids is 2. The molecule has 6 N–H and O–H groups in total. The van der Waals surface area contributed by atoms with Gasteiger partial charge in [0.25, 0.3) is 0 Å². The van der Waals surface area contributed by atoms with Gasteiger partial charge in [0.05, 0.1) is 63.1 Å². The predicted octanol–water partition coefficient (Wildman–Crippen LogP) is -1.59. The molecule has 9 atom stereocenters. The Morgan fingerprint density at radius 2 is 1.87 bits per heavy atom. The van der Waals surface area contributed by atoms with E-state index < -0.39 is 12.1 Å². The maximum absolute atomic E-state index is 13.4. The van der Waals surface area contributed by atoms with Gasteiger partial charge < -0.3 is 34.4 Å². The number of rotatable bonds is 12. The number of nitrogens with one attached hydrogen (secondary N) is 5. The Morgan fingerprint density at radius 1 is 1.04 bits per heavy atom. The lowest BCUT2D eigenvalue weighted by Crippen LogP contribution is -2.73. The van der Waals surface area contributed by atoms with Crippen LogP contribution in [0.25, 0.3) is 0 Å². The van der Waals surface area contributed by atoms with Crippen LogP contribution < -0.4 is 26.6 Å². The summed E-state index contributed by atoms with van der Waals surface area (Å²) < 4.78 is 17.4. The highest BCUT2D eigenvalue weighted by Gasteiger charge is 2.39. The second-order valence-electron chi connectivity index (χ2n) is 14.3. The van der Waals surface area contributed by atoms with Gasteiger partial charge in [0.1, 0.15) is 6.29 Å². The van der Waals surface area contributed by atoms with Gasteiger partial charge in [-0.25, -0.2) is 0 Å². The molecule has 0 radical (unpaired) electrons. The summed E-state index contributed by atoms with van der Waals surface area (Å²) in [5.74, 6) is 1.41. The minimum absolute atomic E-state index is 0.0467. The van der Waals surface area contributed by atoms with Gasteiger partial charge in [-0.3, -0.25) is 35.8 Å². The van der Waals surface area contributed by atoms with E-state index in [4.69, 9.17) is 14.2 Å². The molecule has 14 heteroatoms. The number of likely N-dealkylation sites (tertiary alicyclic amines) is 1. The maximum atomic E-state index is 13.4. The molecule has 46 heavy (non-hydrogen) atoms. The molecule has 6 aliphatic rings. The second-order valence-corrected chi connectivity index (χ2v) is 14.3. The van der Waals surface area contributed by atoms with E-state index in [1.54, 1.807) is 0 Å². The van der Waals surface area contributed by atoms with E-state index in [-0.39, 0.29) is 43.0 Å². The number of piperidine rings is 1. The molecule has 5 aliphatic heterocycles. The molecule has 8 unspecified atom stereocenters. The summed E-state index contributed by atoms with van der Waals surface area (Å²) in [4.78, 5) is 32.1. The quantitative estimate of drug-likeness (QED) is 0.145. The third-order valence-corrected chi connectivity index (χ3v) is 11.1. The number of piperazine rings is 1. The molecule has 5 heterocycles. The highest BCUT2D eigenvalue weighted by atomic mass is 16.5. The number of carbonyl (C=O) groups is 2. The first-order valence-electron chi connectivity index (χ1n) is 17.9. The van der Waals surface area contributed by atoms with Crippen LogP contribution in [-0.4, -0.2) is 159 Å². The highest BCUT2D eigenvalue weighted by molar-refractivity contribution is 5.82. The summed E-state index contributed by atoms with van der Waals surface area (Å²) >= 11 is 0. The smallest absolute Gasteiger partial charge is 0.237 e. The SMILES string of the molecule is CCC(=O)N1CCN(C2NC(NC3COC3)CC(C(=O)NC[C@H](O)CN3CCC4CC(OCC5OCNC5C)CCC4C3)N2)CC1. The first-order chi connectivity index (χ1) is 22.3. The van der Waals surface area contributed by atoms with Crippen LogP contribution in [0.2, 0.25) is 0 Å². The van der Waals surface area contributed by atoms with E-state index in [0.29, 0.717) is 83.0 Å². The first-order valence-corrected chi connectivity index (χ1v) is 17.9. The summed E-state index contributed by atoms with van der Waals surface area (Å²) in [6.07, 6.45) is 5.21. The minimum atomic E-state index is -0.620. The Balaban J connectivity index is 0.924. The summed E-state index contributed by atoms with van der Waals surface area (Å²) in [6.45, 7) is 12.3. The van der Waals surface area contributed by atoms with Crippen LogP contribution in [0.15, 0.2) is 0 Å². The Hall–Kier alpha value is -1.46. The van der Waals surface area contributed by atoms with Gasteiger partial charge in [-0.15, -0.1) is 0 Å². The van der Waals surface area contributed by atoms with Crippen LogP contribution in [0.5, 0.6) is 0 Å². The fraction of sp³-hybridized carbons (Fsp3) is 0.938. The fourth-order valence-corrected chi connectivity index (χ4v) is 8.04. The number of fused-ring (bicyclic) bond motifs is 1. The Kier molecular flexibility index (Phi) is 12.2. The zero-order chi connectivity index (χ0) is 32.0. The minimum Gasteiger partial charge on any atom is -0.390 e. The molecule has 0 bridgehead atoms. The van der Waals surface area contributed by atoms with Crippen LogP contribution in [0, 0.1) is 11.8 Å². The number of β-amino-alcohol motifs (C(OH)–C–C–N with tert-alkyl or cyclic N) is 1. The molecule has 262 valence electrons. The van der Waals surface area contributed by atoms with Crippen molar-refractivity contribution in [2.75, 3.05) is 78.9 Å². The van der Waals surface area contributed by atoms with Crippen molar-refractivity contribution in [2.45, 2.75) is 101 Å². The molecular weight excluding hydrogens is 592 g/mol. The molecule has 1 aliphatic carbocycles. The van der Waals surface area contributed by atoms with Gasteiger partial charge in [-0.1, -0.05) is 6.92 Å². The third-order valence-electron chi connectivity index (χ3n) is 11.1. The number of amides is 2. The van der Waals surface area contributed by atoms with Crippen LogP contribution in [0.4, 0.5) is 0 Å². The Labute approximate surface area is 274 Å². The molecule has 6 fully saturated rings. The standard InChI is InChI=1S/C32H58N8O6/c1-3-30(42)39-8-10-40(11-9-39)32-36-27(13-29(37-32)35-24-17-44-18-24)31(43)33-14-25(41)16-38-7-6-22-12-26(5-4-23(22)15-38)45-19-28-21(2)34-20-46-28/h21-29,32,34-37,41H,3-20H2,1-2H3,(H,33,43)/t21?,22?,23?,25-,26?,27?,28?,29?,32?/m0/s1. The molecule has 0 spiro atoms. The number of hydrogen-bond donors (Lipinski definition) is 6. The average Bonchev–Trinajstić information content (AvgIpc) is 3.48. The number of ether oxygens (including phenoxy) is 3. The van der Waals surface area contributed by atoms with Gasteiger partial charge in [0.15, 0.2) is 0 Å². The van der Waals surface area contributed by atoms with Crippen molar-refractivity contribution in [2.24, 2.45) is 11.8 Å². The van der Waals surface area contributed by atoms with E-state index in [2.05, 4.69) is 43.3 Å². The molecule has 0 aromatic rings.